The summed E-state index contributed by atoms with van der Waals surface area (Å²) in [5, 5.41) is 5.64. The van der Waals surface area contributed by atoms with Crippen molar-refractivity contribution >= 4 is 17.5 Å². The van der Waals surface area contributed by atoms with Gasteiger partial charge in [-0.3, -0.25) is 14.6 Å². The fourth-order valence-electron chi connectivity index (χ4n) is 2.77. The fourth-order valence-corrected chi connectivity index (χ4v) is 2.77. The van der Waals surface area contributed by atoms with Gasteiger partial charge in [0.05, 0.1) is 12.2 Å². The number of hydrogen-bond donors (Lipinski definition) is 2. The zero-order valence-corrected chi connectivity index (χ0v) is 16.6. The molecule has 0 atom stereocenters. The van der Waals surface area contributed by atoms with Crippen LogP contribution in [0.15, 0.2) is 53.1 Å². The van der Waals surface area contributed by atoms with Crippen LogP contribution in [0, 0.1) is 13.8 Å². The lowest BCUT2D eigenvalue weighted by Gasteiger charge is -2.10. The molecule has 0 saturated carbocycles. The van der Waals surface area contributed by atoms with Gasteiger partial charge in [0.25, 0.3) is 11.8 Å². The Labute approximate surface area is 169 Å². The number of nitrogens with zero attached hydrogens (tertiary/aromatic N) is 1. The van der Waals surface area contributed by atoms with E-state index in [9.17, 15) is 9.59 Å². The number of aryl methyl sites for hydroxylation is 2. The molecule has 1 aromatic carbocycles. The normalized spacial score (nSPS) is 10.6. The molecule has 0 radical (unpaired) electrons. The SMILES string of the molecule is COCc1ccc(C(=O)Nc2cc(C(=O)NCc3cc(C)ccn3)ccc2C)o1. The fraction of sp³-hybridized carbons (Fsp3) is 0.227. The highest BCUT2D eigenvalue weighted by molar-refractivity contribution is 6.04. The van der Waals surface area contributed by atoms with Gasteiger partial charge in [-0.25, -0.2) is 0 Å². The highest BCUT2D eigenvalue weighted by atomic mass is 16.5. The maximum atomic E-state index is 12.5. The molecule has 29 heavy (non-hydrogen) atoms. The van der Waals surface area contributed by atoms with E-state index in [2.05, 4.69) is 15.6 Å². The molecule has 0 unspecified atom stereocenters. The van der Waals surface area contributed by atoms with Crippen molar-refractivity contribution in [3.63, 3.8) is 0 Å². The molecule has 0 aliphatic rings. The third kappa shape index (κ3) is 5.30. The molecule has 2 amide bonds. The summed E-state index contributed by atoms with van der Waals surface area (Å²) < 4.78 is 10.4. The Morgan fingerprint density at radius 3 is 2.66 bits per heavy atom. The Morgan fingerprint density at radius 2 is 1.90 bits per heavy atom. The molecule has 0 fully saturated rings. The minimum absolute atomic E-state index is 0.178. The number of methoxy groups -OCH3 is 1. The standard InChI is InChI=1S/C22H23N3O4/c1-14-8-9-23-17(10-14)12-24-21(26)16-5-4-15(2)19(11-16)25-22(27)20-7-6-18(29-20)13-28-3/h4-11H,12-13H2,1-3H3,(H,24,26)(H,25,27). The first-order chi connectivity index (χ1) is 14.0. The van der Waals surface area contributed by atoms with Crippen LogP contribution in [0.1, 0.15) is 43.5 Å². The van der Waals surface area contributed by atoms with E-state index in [1.54, 1.807) is 43.6 Å². The molecule has 150 valence electrons. The topological polar surface area (TPSA) is 93.5 Å². The molecule has 0 bridgehead atoms. The Morgan fingerprint density at radius 1 is 1.07 bits per heavy atom. The molecule has 0 spiro atoms. The smallest absolute Gasteiger partial charge is 0.291 e. The van der Waals surface area contributed by atoms with Gasteiger partial charge in [0, 0.05) is 24.6 Å². The van der Waals surface area contributed by atoms with E-state index < -0.39 is 5.91 Å². The highest BCUT2D eigenvalue weighted by Crippen LogP contribution is 2.19. The first-order valence-corrected chi connectivity index (χ1v) is 9.15. The maximum Gasteiger partial charge on any atom is 0.291 e. The number of pyridine rings is 1. The van der Waals surface area contributed by atoms with E-state index in [1.165, 1.54) is 0 Å². The third-order valence-corrected chi connectivity index (χ3v) is 4.32. The number of carbonyl (C=O) groups excluding carboxylic acids is 2. The van der Waals surface area contributed by atoms with E-state index in [4.69, 9.17) is 9.15 Å². The minimum atomic E-state index is -0.392. The first-order valence-electron chi connectivity index (χ1n) is 9.15. The number of amides is 2. The minimum Gasteiger partial charge on any atom is -0.453 e. The van der Waals surface area contributed by atoms with Crippen molar-refractivity contribution in [3.8, 4) is 0 Å². The van der Waals surface area contributed by atoms with Crippen molar-refractivity contribution < 1.29 is 18.7 Å². The largest absolute Gasteiger partial charge is 0.453 e. The van der Waals surface area contributed by atoms with E-state index in [0.717, 1.165) is 16.8 Å². The number of rotatable bonds is 7. The number of aromatic nitrogens is 1. The van der Waals surface area contributed by atoms with Crippen LogP contribution in [0.4, 0.5) is 5.69 Å². The first kappa shape index (κ1) is 20.3. The van der Waals surface area contributed by atoms with Crippen molar-refractivity contribution in [2.24, 2.45) is 0 Å². The van der Waals surface area contributed by atoms with Crippen LogP contribution in [0.5, 0.6) is 0 Å². The number of furan rings is 1. The second kappa shape index (κ2) is 9.16. The second-order valence-electron chi connectivity index (χ2n) is 6.69. The van der Waals surface area contributed by atoms with Crippen molar-refractivity contribution in [3.05, 3.63) is 82.6 Å². The number of hydrogen-bond acceptors (Lipinski definition) is 5. The van der Waals surface area contributed by atoms with Crippen LogP contribution in [0.2, 0.25) is 0 Å². The van der Waals surface area contributed by atoms with Crippen molar-refractivity contribution in [2.45, 2.75) is 27.0 Å². The van der Waals surface area contributed by atoms with Gasteiger partial charge in [-0.05, 0) is 61.4 Å². The molecule has 0 saturated heterocycles. The van der Waals surface area contributed by atoms with Gasteiger partial charge >= 0.3 is 0 Å². The van der Waals surface area contributed by atoms with Crippen LogP contribution in [-0.2, 0) is 17.9 Å². The third-order valence-electron chi connectivity index (χ3n) is 4.32. The lowest BCUT2D eigenvalue weighted by atomic mass is 10.1. The number of ether oxygens (including phenoxy) is 1. The molecule has 7 heteroatoms. The van der Waals surface area contributed by atoms with Crippen LogP contribution in [-0.4, -0.2) is 23.9 Å². The van der Waals surface area contributed by atoms with E-state index in [-0.39, 0.29) is 18.3 Å². The second-order valence-corrected chi connectivity index (χ2v) is 6.69. The summed E-state index contributed by atoms with van der Waals surface area (Å²) in [5.41, 5.74) is 3.68. The molecule has 3 rings (SSSR count). The summed E-state index contributed by atoms with van der Waals surface area (Å²) in [5.74, 6) is 0.102. The Bertz CT molecular complexity index is 1030. The number of carbonyl (C=O) groups is 2. The monoisotopic (exact) mass is 393 g/mol. The van der Waals surface area contributed by atoms with E-state index in [0.29, 0.717) is 23.6 Å². The number of anilines is 1. The van der Waals surface area contributed by atoms with Crippen LogP contribution >= 0.6 is 0 Å². The Balaban J connectivity index is 1.68. The van der Waals surface area contributed by atoms with Crippen LogP contribution < -0.4 is 10.6 Å². The van der Waals surface area contributed by atoms with E-state index in [1.807, 2.05) is 26.0 Å². The highest BCUT2D eigenvalue weighted by Gasteiger charge is 2.14. The summed E-state index contributed by atoms with van der Waals surface area (Å²) in [7, 11) is 1.55. The molecule has 2 heterocycles. The maximum absolute atomic E-state index is 12.5. The zero-order valence-electron chi connectivity index (χ0n) is 16.6. The molecule has 0 aliphatic carbocycles. The average molecular weight is 393 g/mol. The summed E-state index contributed by atoms with van der Waals surface area (Å²) in [6, 6.07) is 12.2. The lowest BCUT2D eigenvalue weighted by molar-refractivity contribution is 0.0948. The predicted octanol–water partition coefficient (Wildman–Crippen LogP) is 3.62. The molecule has 2 N–H and O–H groups in total. The quantitative estimate of drug-likeness (QED) is 0.639. The van der Waals surface area contributed by atoms with Gasteiger partial charge in [-0.15, -0.1) is 0 Å². The van der Waals surface area contributed by atoms with Gasteiger partial charge < -0.3 is 19.8 Å². The van der Waals surface area contributed by atoms with Gasteiger partial charge in [-0.2, -0.15) is 0 Å². The van der Waals surface area contributed by atoms with Gasteiger partial charge in [-0.1, -0.05) is 6.07 Å². The average Bonchev–Trinajstić information content (AvgIpc) is 3.17. The number of benzene rings is 1. The molecular formula is C22H23N3O4. The molecule has 0 aliphatic heterocycles. The summed E-state index contributed by atoms with van der Waals surface area (Å²) in [4.78, 5) is 29.2. The number of nitrogens with one attached hydrogen (secondary N) is 2. The van der Waals surface area contributed by atoms with Gasteiger partial charge in [0.2, 0.25) is 0 Å². The zero-order chi connectivity index (χ0) is 20.8. The lowest BCUT2D eigenvalue weighted by Crippen LogP contribution is -2.23. The molecular weight excluding hydrogens is 370 g/mol. The molecule has 7 nitrogen and oxygen atoms in total. The van der Waals surface area contributed by atoms with Crippen LogP contribution in [0.25, 0.3) is 0 Å². The summed E-state index contributed by atoms with van der Waals surface area (Å²) >= 11 is 0. The Kier molecular flexibility index (Phi) is 6.41. The molecule has 3 aromatic rings. The predicted molar refractivity (Wildman–Crippen MR) is 109 cm³/mol. The van der Waals surface area contributed by atoms with Crippen LogP contribution in [0.3, 0.4) is 0 Å². The van der Waals surface area contributed by atoms with Gasteiger partial charge in [0.1, 0.15) is 12.4 Å². The summed E-state index contributed by atoms with van der Waals surface area (Å²) in [6.45, 7) is 4.44. The van der Waals surface area contributed by atoms with Crippen molar-refractivity contribution in [1.82, 2.24) is 10.3 Å². The van der Waals surface area contributed by atoms with Crippen molar-refractivity contribution in [2.75, 3.05) is 12.4 Å². The van der Waals surface area contributed by atoms with Crippen molar-refractivity contribution in [1.29, 1.82) is 0 Å². The molecule has 2 aromatic heterocycles. The Hall–Kier alpha value is -3.45. The summed E-state index contributed by atoms with van der Waals surface area (Å²) in [6.07, 6.45) is 1.71. The van der Waals surface area contributed by atoms with E-state index >= 15 is 0 Å². The van der Waals surface area contributed by atoms with Gasteiger partial charge in [0.15, 0.2) is 5.76 Å².